The number of fused-ring (bicyclic) bond motifs is 13. The third-order valence-corrected chi connectivity index (χ3v) is 16.0. The third-order valence-electron chi connectivity index (χ3n) is 13.6. The first-order chi connectivity index (χ1) is 29.6. The highest BCUT2D eigenvalue weighted by Crippen LogP contribution is 2.48. The Morgan fingerprint density at radius 3 is 1.89 bits per heavy atom. The van der Waals surface area contributed by atoms with Gasteiger partial charge in [-0.2, -0.15) is 0 Å². The lowest BCUT2D eigenvalue weighted by Crippen LogP contribution is -2.59. The number of rotatable bonds is 1. The molecule has 3 nitrogen and oxygen atoms in total. The van der Waals surface area contributed by atoms with Gasteiger partial charge in [0.1, 0.15) is 0 Å². The summed E-state index contributed by atoms with van der Waals surface area (Å²) in [4.78, 5) is 2.64. The van der Waals surface area contributed by atoms with Gasteiger partial charge in [0.25, 0.3) is 6.71 Å². The van der Waals surface area contributed by atoms with Gasteiger partial charge in [-0.25, -0.2) is 0 Å². The predicted molar refractivity (Wildman–Crippen MR) is 273 cm³/mol. The van der Waals surface area contributed by atoms with Crippen LogP contribution in [0.3, 0.4) is 0 Å². The molecule has 2 aliphatic rings. The molecule has 2 bridgehead atoms. The predicted octanol–water partition coefficient (Wildman–Crippen LogP) is 14.2. The average molecular weight is 840 g/mol. The second-order valence-electron chi connectivity index (χ2n) is 20.7. The molecule has 6 heteroatoms. The van der Waals surface area contributed by atoms with E-state index >= 15 is 0 Å². The molecule has 304 valence electrons. The summed E-state index contributed by atoms with van der Waals surface area (Å²) in [5, 5.41) is 3.90. The quantitative estimate of drug-likeness (QED) is 0.150. The van der Waals surface area contributed by atoms with Gasteiger partial charge in [0.05, 0.1) is 31.6 Å². The minimum Gasteiger partial charge on any atom is -0.310 e. The van der Waals surface area contributed by atoms with Crippen LogP contribution in [0.25, 0.3) is 63.5 Å². The van der Waals surface area contributed by atoms with E-state index in [2.05, 4.69) is 216 Å². The minimum absolute atomic E-state index is 0.0126. The zero-order valence-electron chi connectivity index (χ0n) is 37.0. The molecule has 0 atom stereocenters. The van der Waals surface area contributed by atoms with Crippen molar-refractivity contribution in [3.05, 3.63) is 156 Å². The van der Waals surface area contributed by atoms with E-state index in [9.17, 15) is 0 Å². The first-order valence-corrected chi connectivity index (χ1v) is 23.7. The smallest absolute Gasteiger partial charge is 0.264 e. The van der Waals surface area contributed by atoms with Gasteiger partial charge in [0, 0.05) is 53.7 Å². The summed E-state index contributed by atoms with van der Waals surface area (Å²) in [5.41, 5.74) is 17.9. The van der Waals surface area contributed by atoms with Gasteiger partial charge < -0.3 is 13.9 Å². The monoisotopic (exact) mass is 839 g/mol. The van der Waals surface area contributed by atoms with Crippen LogP contribution >= 0.6 is 22.7 Å². The molecule has 0 aliphatic carbocycles. The lowest BCUT2D eigenvalue weighted by molar-refractivity contribution is 0.589. The Morgan fingerprint density at radius 1 is 0.468 bits per heavy atom. The highest BCUT2D eigenvalue weighted by molar-refractivity contribution is 7.33. The van der Waals surface area contributed by atoms with Crippen molar-refractivity contribution >= 4 is 120 Å². The molecule has 0 radical (unpaired) electrons. The third kappa shape index (κ3) is 5.42. The molecule has 5 heterocycles. The zero-order valence-corrected chi connectivity index (χ0v) is 38.6. The Bertz CT molecular complexity index is 3590. The summed E-state index contributed by atoms with van der Waals surface area (Å²) in [7, 11) is 0. The Balaban J connectivity index is 1.30. The van der Waals surface area contributed by atoms with Gasteiger partial charge in [-0.05, 0) is 117 Å². The molecule has 12 rings (SSSR count). The zero-order chi connectivity index (χ0) is 42.6. The van der Waals surface area contributed by atoms with Gasteiger partial charge in [-0.1, -0.05) is 129 Å². The second-order valence-corrected chi connectivity index (χ2v) is 22.8. The standard InChI is InChI=1S/C56H50BN3S2/c1-54(2,3)33-21-24-36(25-22-33)58-45-30-35(56(7,8)9)31-46-50(45)57(53-52(58)40-29-34(55(4,5)6)23-28-47(40)62-53)41-27-26-37-32-44(41)60(46)43-18-12-13-19-48(43)61-49-20-14-16-39-38-15-10-11-17-42(38)59(37)51(39)49/h10-32H,1-9H3. The Hall–Kier alpha value is -5.82. The fourth-order valence-electron chi connectivity index (χ4n) is 10.3. The van der Waals surface area contributed by atoms with Crippen molar-refractivity contribution in [2.75, 3.05) is 4.90 Å². The van der Waals surface area contributed by atoms with E-state index in [0.29, 0.717) is 0 Å². The molecule has 10 aromatic rings. The van der Waals surface area contributed by atoms with Crippen LogP contribution in [0.4, 0.5) is 17.1 Å². The summed E-state index contributed by atoms with van der Waals surface area (Å²) in [6.45, 7) is 21.1. The minimum atomic E-state index is -0.110. The number of thiophene rings is 1. The van der Waals surface area contributed by atoms with Gasteiger partial charge in [-0.15, -0.1) is 22.7 Å². The first kappa shape index (κ1) is 37.9. The van der Waals surface area contributed by atoms with Crippen molar-refractivity contribution in [3.8, 4) is 5.69 Å². The number of hydrogen-bond acceptors (Lipinski definition) is 3. The summed E-state index contributed by atoms with van der Waals surface area (Å²) >= 11 is 3.87. The van der Waals surface area contributed by atoms with E-state index in [1.54, 1.807) is 0 Å². The summed E-state index contributed by atoms with van der Waals surface area (Å²) in [6.07, 6.45) is 0. The van der Waals surface area contributed by atoms with Crippen LogP contribution in [0.1, 0.15) is 79.0 Å². The lowest BCUT2D eigenvalue weighted by Gasteiger charge is -2.40. The molecule has 0 spiro atoms. The number of aromatic nitrogens is 2. The number of hydrogen-bond donors (Lipinski definition) is 0. The van der Waals surface area contributed by atoms with E-state index in [1.807, 2.05) is 22.7 Å². The fraction of sp³-hybridized carbons (Fsp3) is 0.214. The first-order valence-electron chi connectivity index (χ1n) is 22.0. The molecule has 0 fully saturated rings. The molecule has 7 aromatic carbocycles. The van der Waals surface area contributed by atoms with E-state index in [-0.39, 0.29) is 23.0 Å². The van der Waals surface area contributed by atoms with Crippen LogP contribution in [0, 0.1) is 0 Å². The van der Waals surface area contributed by atoms with Crippen molar-refractivity contribution in [1.29, 1.82) is 0 Å². The Morgan fingerprint density at radius 2 is 1.13 bits per heavy atom. The van der Waals surface area contributed by atoms with Crippen LogP contribution in [0.15, 0.2) is 140 Å². The van der Waals surface area contributed by atoms with Crippen LogP contribution in [-0.2, 0) is 16.2 Å². The van der Waals surface area contributed by atoms with Crippen molar-refractivity contribution in [2.45, 2.75) is 78.6 Å². The van der Waals surface area contributed by atoms with Gasteiger partial charge in [0.2, 0.25) is 0 Å². The largest absolute Gasteiger partial charge is 0.310 e. The molecular weight excluding hydrogens is 790 g/mol. The van der Waals surface area contributed by atoms with E-state index in [0.717, 1.165) is 0 Å². The molecule has 3 aromatic heterocycles. The lowest BCUT2D eigenvalue weighted by atomic mass is 9.36. The Labute approximate surface area is 372 Å². The Kier molecular flexibility index (Phi) is 7.87. The van der Waals surface area contributed by atoms with Gasteiger partial charge >= 0.3 is 0 Å². The number of para-hydroxylation sites is 3. The molecule has 0 amide bonds. The maximum atomic E-state index is 2.64. The molecule has 0 saturated heterocycles. The maximum Gasteiger partial charge on any atom is 0.264 e. The fourth-order valence-corrected chi connectivity index (χ4v) is 12.7. The van der Waals surface area contributed by atoms with E-state index in [1.165, 1.54) is 113 Å². The number of nitrogens with zero attached hydrogens (tertiary/aromatic N) is 3. The van der Waals surface area contributed by atoms with Crippen LogP contribution in [0.2, 0.25) is 0 Å². The van der Waals surface area contributed by atoms with E-state index < -0.39 is 0 Å². The van der Waals surface area contributed by atoms with Gasteiger partial charge in [-0.3, -0.25) is 0 Å². The molecule has 0 saturated carbocycles. The highest BCUT2D eigenvalue weighted by Gasteiger charge is 2.44. The maximum absolute atomic E-state index is 2.64. The van der Waals surface area contributed by atoms with Crippen molar-refractivity contribution in [2.24, 2.45) is 0 Å². The normalized spacial score (nSPS) is 13.8. The van der Waals surface area contributed by atoms with Crippen LogP contribution < -0.4 is 20.6 Å². The summed E-state index contributed by atoms with van der Waals surface area (Å²) in [5.74, 6) is 0. The molecule has 62 heavy (non-hydrogen) atoms. The van der Waals surface area contributed by atoms with Crippen molar-refractivity contribution in [1.82, 2.24) is 8.97 Å². The van der Waals surface area contributed by atoms with Gasteiger partial charge in [0.15, 0.2) is 0 Å². The van der Waals surface area contributed by atoms with Crippen molar-refractivity contribution in [3.63, 3.8) is 0 Å². The van der Waals surface area contributed by atoms with Crippen molar-refractivity contribution < 1.29 is 0 Å². The molecule has 0 unspecified atom stereocenters. The second kappa shape index (κ2) is 12.9. The number of anilines is 3. The summed E-state index contributed by atoms with van der Waals surface area (Å²) in [6, 6.07) is 54.0. The molecule has 2 aliphatic heterocycles. The van der Waals surface area contributed by atoms with E-state index in [4.69, 9.17) is 0 Å². The molecular formula is C56H50BN3S2. The number of benzene rings is 7. The highest BCUT2D eigenvalue weighted by atomic mass is 32.1. The van der Waals surface area contributed by atoms with Crippen LogP contribution in [-0.4, -0.2) is 15.7 Å². The average Bonchev–Trinajstić information content (AvgIpc) is 3.79. The summed E-state index contributed by atoms with van der Waals surface area (Å²) < 4.78 is 10.4. The molecule has 0 N–H and O–H groups in total. The SMILES string of the molecule is CC(C)(C)c1ccc(N2c3cc(C(C)(C)C)cc4c3B(c3sc5ccc(C(C)(C)C)cc5c32)c2ccc3cc2n-4c2ccccc2sc2cccc4c5ccccc5n3c24)cc1. The topological polar surface area (TPSA) is 12.6 Å². The van der Waals surface area contributed by atoms with Crippen LogP contribution in [0.5, 0.6) is 0 Å².